The number of hydrogen-bond acceptors (Lipinski definition) is 1. The molecule has 10 heavy (non-hydrogen) atoms. The molecule has 0 aromatic rings. The first-order valence-electron chi connectivity index (χ1n) is 3.75. The second-order valence-electron chi connectivity index (χ2n) is 3.83. The van der Waals surface area contributed by atoms with Crippen LogP contribution < -0.4 is 0 Å². The number of Topliss-reactive ketones (excluding diaryl/α,β-unsaturated/α-hetero) is 1. The first kappa shape index (κ1) is 7.52. The van der Waals surface area contributed by atoms with Gasteiger partial charge in [-0.25, -0.2) is 0 Å². The van der Waals surface area contributed by atoms with Gasteiger partial charge >= 0.3 is 0 Å². The lowest BCUT2D eigenvalue weighted by Crippen LogP contribution is -2.14. The van der Waals surface area contributed by atoms with E-state index in [0.29, 0.717) is 5.78 Å². The van der Waals surface area contributed by atoms with Crippen LogP contribution in [0.25, 0.3) is 0 Å². The van der Waals surface area contributed by atoms with E-state index in [0.717, 1.165) is 18.4 Å². The number of carbonyl (C=O) groups excluding carboxylic acids is 1. The van der Waals surface area contributed by atoms with Crippen molar-refractivity contribution in [3.63, 3.8) is 0 Å². The Balaban J connectivity index is 2.82. The molecule has 0 saturated carbocycles. The van der Waals surface area contributed by atoms with Gasteiger partial charge in [-0.1, -0.05) is 26.8 Å². The van der Waals surface area contributed by atoms with Crippen molar-refractivity contribution in [3.8, 4) is 0 Å². The third kappa shape index (κ3) is 1.28. The fraction of sp³-hybridized carbons (Fsp3) is 0.667. The molecule has 56 valence electrons. The molecule has 0 N–H and O–H groups in total. The molecular formula is C9H14O. The smallest absolute Gasteiger partial charge is 0.159 e. The lowest BCUT2D eigenvalue weighted by Gasteiger charge is -2.18. The summed E-state index contributed by atoms with van der Waals surface area (Å²) in [6.07, 6.45) is 3.75. The van der Waals surface area contributed by atoms with Crippen LogP contribution in [0.1, 0.15) is 33.6 Å². The third-order valence-corrected chi connectivity index (χ3v) is 1.83. The van der Waals surface area contributed by atoms with Gasteiger partial charge in [0.15, 0.2) is 5.78 Å². The van der Waals surface area contributed by atoms with Crippen molar-refractivity contribution >= 4 is 5.78 Å². The maximum atomic E-state index is 11.2. The van der Waals surface area contributed by atoms with Gasteiger partial charge in [-0.2, -0.15) is 0 Å². The van der Waals surface area contributed by atoms with Gasteiger partial charge in [0.25, 0.3) is 0 Å². The van der Waals surface area contributed by atoms with Gasteiger partial charge in [-0.05, 0) is 17.4 Å². The lowest BCUT2D eigenvalue weighted by atomic mass is 9.85. The minimum atomic E-state index is 0.0631. The van der Waals surface area contributed by atoms with E-state index >= 15 is 0 Å². The van der Waals surface area contributed by atoms with Crippen molar-refractivity contribution in [1.82, 2.24) is 0 Å². The summed E-state index contributed by atoms with van der Waals surface area (Å²) < 4.78 is 0. The van der Waals surface area contributed by atoms with E-state index in [1.165, 1.54) is 0 Å². The van der Waals surface area contributed by atoms with Crippen LogP contribution in [0, 0.1) is 5.41 Å². The second kappa shape index (κ2) is 2.22. The topological polar surface area (TPSA) is 17.1 Å². The summed E-state index contributed by atoms with van der Waals surface area (Å²) in [6, 6.07) is 0. The van der Waals surface area contributed by atoms with E-state index in [1.807, 2.05) is 0 Å². The average molecular weight is 138 g/mol. The monoisotopic (exact) mass is 138 g/mol. The van der Waals surface area contributed by atoms with E-state index in [4.69, 9.17) is 0 Å². The van der Waals surface area contributed by atoms with Crippen LogP contribution in [0.5, 0.6) is 0 Å². The van der Waals surface area contributed by atoms with Gasteiger partial charge in [0, 0.05) is 6.42 Å². The average Bonchev–Trinajstić information content (AvgIpc) is 2.11. The zero-order chi connectivity index (χ0) is 7.78. The van der Waals surface area contributed by atoms with E-state index in [9.17, 15) is 4.79 Å². The van der Waals surface area contributed by atoms with Crippen LogP contribution >= 0.6 is 0 Å². The molecule has 0 aromatic carbocycles. The van der Waals surface area contributed by atoms with Crippen molar-refractivity contribution < 1.29 is 4.79 Å². The molecule has 0 bridgehead atoms. The second-order valence-corrected chi connectivity index (χ2v) is 3.83. The Bertz CT molecular complexity index is 181. The fourth-order valence-electron chi connectivity index (χ4n) is 1.32. The standard InChI is InChI=1S/C9H14O/c1-9(2,3)7-5-4-6-8(7)10/h5H,4,6H2,1-3H3. The van der Waals surface area contributed by atoms with Crippen molar-refractivity contribution in [2.45, 2.75) is 33.6 Å². The van der Waals surface area contributed by atoms with Gasteiger partial charge < -0.3 is 0 Å². The molecule has 0 radical (unpaired) electrons. The molecular weight excluding hydrogens is 124 g/mol. The Hall–Kier alpha value is -0.590. The van der Waals surface area contributed by atoms with E-state index < -0.39 is 0 Å². The highest BCUT2D eigenvalue weighted by Crippen LogP contribution is 2.31. The van der Waals surface area contributed by atoms with E-state index in [1.54, 1.807) is 0 Å². The summed E-state index contributed by atoms with van der Waals surface area (Å²) in [5, 5.41) is 0. The van der Waals surface area contributed by atoms with Crippen LogP contribution in [-0.4, -0.2) is 5.78 Å². The summed E-state index contributed by atoms with van der Waals surface area (Å²) in [7, 11) is 0. The number of hydrogen-bond donors (Lipinski definition) is 0. The summed E-state index contributed by atoms with van der Waals surface area (Å²) in [4.78, 5) is 11.2. The highest BCUT2D eigenvalue weighted by molar-refractivity contribution is 5.98. The molecule has 0 spiro atoms. The normalized spacial score (nSPS) is 19.5. The van der Waals surface area contributed by atoms with Crippen molar-refractivity contribution in [3.05, 3.63) is 11.6 Å². The maximum Gasteiger partial charge on any atom is 0.159 e. The van der Waals surface area contributed by atoms with Crippen molar-refractivity contribution in [2.24, 2.45) is 5.41 Å². The Morgan fingerprint density at radius 3 is 2.20 bits per heavy atom. The van der Waals surface area contributed by atoms with Crippen LogP contribution in [0.15, 0.2) is 11.6 Å². The highest BCUT2D eigenvalue weighted by atomic mass is 16.1. The number of ketones is 1. The molecule has 0 aliphatic heterocycles. The molecule has 0 atom stereocenters. The van der Waals surface area contributed by atoms with Gasteiger partial charge in [-0.15, -0.1) is 0 Å². The predicted molar refractivity (Wildman–Crippen MR) is 41.8 cm³/mol. The Morgan fingerprint density at radius 2 is 2.00 bits per heavy atom. The predicted octanol–water partition coefficient (Wildman–Crippen LogP) is 2.32. The quantitative estimate of drug-likeness (QED) is 0.502. The zero-order valence-electron chi connectivity index (χ0n) is 6.90. The highest BCUT2D eigenvalue weighted by Gasteiger charge is 2.25. The number of rotatable bonds is 0. The van der Waals surface area contributed by atoms with Crippen molar-refractivity contribution in [1.29, 1.82) is 0 Å². The first-order valence-corrected chi connectivity index (χ1v) is 3.75. The molecule has 1 rings (SSSR count). The van der Waals surface area contributed by atoms with E-state index in [-0.39, 0.29) is 5.41 Å². The maximum absolute atomic E-state index is 11.2. The molecule has 0 heterocycles. The van der Waals surface area contributed by atoms with Gasteiger partial charge in [0.05, 0.1) is 0 Å². The molecule has 0 aromatic heterocycles. The molecule has 1 nitrogen and oxygen atoms in total. The van der Waals surface area contributed by atoms with Crippen LogP contribution in [0.2, 0.25) is 0 Å². The minimum Gasteiger partial charge on any atom is -0.295 e. The molecule has 0 amide bonds. The molecule has 1 aliphatic rings. The molecule has 1 heteroatoms. The number of carbonyl (C=O) groups is 1. The lowest BCUT2D eigenvalue weighted by molar-refractivity contribution is -0.115. The summed E-state index contributed by atoms with van der Waals surface area (Å²) >= 11 is 0. The van der Waals surface area contributed by atoms with Crippen molar-refractivity contribution in [2.75, 3.05) is 0 Å². The SMILES string of the molecule is CC(C)(C)C1=CCCC1=O. The van der Waals surface area contributed by atoms with Crippen LogP contribution in [-0.2, 0) is 4.79 Å². The Morgan fingerprint density at radius 1 is 1.40 bits per heavy atom. The van der Waals surface area contributed by atoms with Gasteiger partial charge in [0.1, 0.15) is 0 Å². The molecule has 0 unspecified atom stereocenters. The van der Waals surface area contributed by atoms with E-state index in [2.05, 4.69) is 26.8 Å². The number of allylic oxidation sites excluding steroid dienone is 2. The minimum absolute atomic E-state index is 0.0631. The fourth-order valence-corrected chi connectivity index (χ4v) is 1.32. The van der Waals surface area contributed by atoms with Crippen LogP contribution in [0.4, 0.5) is 0 Å². The van der Waals surface area contributed by atoms with Gasteiger partial charge in [0.2, 0.25) is 0 Å². The third-order valence-electron chi connectivity index (χ3n) is 1.83. The zero-order valence-corrected chi connectivity index (χ0v) is 6.90. The largest absolute Gasteiger partial charge is 0.295 e. The summed E-state index contributed by atoms with van der Waals surface area (Å²) in [5.41, 5.74) is 1.08. The molecule has 0 fully saturated rings. The molecule has 0 saturated heterocycles. The summed E-state index contributed by atoms with van der Waals surface area (Å²) in [5.74, 6) is 0.340. The first-order chi connectivity index (χ1) is 4.52. The molecule has 1 aliphatic carbocycles. The van der Waals surface area contributed by atoms with Gasteiger partial charge in [-0.3, -0.25) is 4.79 Å². The Labute approximate surface area is 62.1 Å². The summed E-state index contributed by atoms with van der Waals surface area (Å²) in [6.45, 7) is 6.26. The Kier molecular flexibility index (Phi) is 1.67. The van der Waals surface area contributed by atoms with Crippen LogP contribution in [0.3, 0.4) is 0 Å².